The van der Waals surface area contributed by atoms with Crippen LogP contribution in [0.2, 0.25) is 0 Å². The minimum atomic E-state index is -1.18. The average molecular weight is 277 g/mol. The Kier molecular flexibility index (Phi) is 3.67. The van der Waals surface area contributed by atoms with Crippen molar-refractivity contribution in [3.63, 3.8) is 0 Å². The fraction of sp³-hybridized carbons (Fsp3) is 0.429. The van der Waals surface area contributed by atoms with Gasteiger partial charge in [-0.15, -0.1) is 0 Å². The molecule has 0 bridgehead atoms. The van der Waals surface area contributed by atoms with E-state index in [1.54, 1.807) is 19.2 Å². The molecule has 1 aliphatic rings. The summed E-state index contributed by atoms with van der Waals surface area (Å²) in [5.74, 6) is 0.422. The third-order valence-corrected chi connectivity index (χ3v) is 3.75. The molecule has 1 saturated heterocycles. The summed E-state index contributed by atoms with van der Waals surface area (Å²) in [5, 5.41) is 2.69. The summed E-state index contributed by atoms with van der Waals surface area (Å²) in [5.41, 5.74) is 6.25. The van der Waals surface area contributed by atoms with Gasteiger partial charge in [-0.3, -0.25) is 9.69 Å². The number of urea groups is 1. The maximum atomic E-state index is 12.4. The molecule has 6 nitrogen and oxygen atoms in total. The number of amides is 3. The van der Waals surface area contributed by atoms with Crippen LogP contribution in [-0.4, -0.2) is 37.5 Å². The maximum Gasteiger partial charge on any atom is 0.325 e. The normalized spacial score (nSPS) is 22.1. The third-order valence-electron chi connectivity index (χ3n) is 3.75. The number of carbonyl (C=O) groups excluding carboxylic acids is 2. The number of methoxy groups -OCH3 is 1. The maximum absolute atomic E-state index is 12.4. The number of benzene rings is 1. The van der Waals surface area contributed by atoms with Gasteiger partial charge in [-0.05, 0) is 29.7 Å². The van der Waals surface area contributed by atoms with Crippen molar-refractivity contribution in [1.82, 2.24) is 10.2 Å². The van der Waals surface area contributed by atoms with Gasteiger partial charge in [0.1, 0.15) is 5.75 Å². The molecule has 0 aromatic heterocycles. The van der Waals surface area contributed by atoms with E-state index in [0.717, 1.165) is 22.6 Å². The number of nitrogens with zero attached hydrogens (tertiary/aromatic N) is 1. The Morgan fingerprint density at radius 1 is 1.40 bits per heavy atom. The van der Waals surface area contributed by atoms with Crippen molar-refractivity contribution in [3.05, 3.63) is 29.3 Å². The number of imide groups is 1. The van der Waals surface area contributed by atoms with Crippen LogP contribution in [0.15, 0.2) is 18.2 Å². The summed E-state index contributed by atoms with van der Waals surface area (Å²) in [4.78, 5) is 25.1. The summed E-state index contributed by atoms with van der Waals surface area (Å²) in [6.45, 7) is 2.01. The van der Waals surface area contributed by atoms with Gasteiger partial charge >= 0.3 is 6.03 Å². The standard InChI is InChI=1S/C14H19N3O3/c1-4-9-7-10(5-6-11(9)20-3)14(8-15)12(18)17(2)13(19)16-14/h5-7H,4,8,15H2,1-3H3,(H,16,19). The molecule has 1 heterocycles. The first-order chi connectivity index (χ1) is 9.50. The summed E-state index contributed by atoms with van der Waals surface area (Å²) < 4.78 is 5.28. The van der Waals surface area contributed by atoms with Gasteiger partial charge in [0.25, 0.3) is 5.91 Å². The third kappa shape index (κ3) is 1.92. The van der Waals surface area contributed by atoms with Crippen LogP contribution in [0.1, 0.15) is 18.1 Å². The van der Waals surface area contributed by atoms with Crippen LogP contribution in [0, 0.1) is 0 Å². The number of carbonyl (C=O) groups is 2. The van der Waals surface area contributed by atoms with E-state index in [0.29, 0.717) is 5.56 Å². The Bertz CT molecular complexity index is 559. The Morgan fingerprint density at radius 2 is 2.10 bits per heavy atom. The highest BCUT2D eigenvalue weighted by Gasteiger charge is 2.50. The largest absolute Gasteiger partial charge is 0.496 e. The zero-order valence-corrected chi connectivity index (χ0v) is 11.9. The number of nitrogens with two attached hydrogens (primary N) is 1. The number of likely N-dealkylation sites (N-methyl/N-ethyl adjacent to an activating group) is 1. The number of hydrogen-bond acceptors (Lipinski definition) is 4. The molecule has 0 spiro atoms. The van der Waals surface area contributed by atoms with Crippen molar-refractivity contribution >= 4 is 11.9 Å². The highest BCUT2D eigenvalue weighted by Crippen LogP contribution is 2.31. The first kappa shape index (κ1) is 14.3. The van der Waals surface area contributed by atoms with Crippen LogP contribution < -0.4 is 15.8 Å². The van der Waals surface area contributed by atoms with Crippen LogP contribution >= 0.6 is 0 Å². The van der Waals surface area contributed by atoms with Crippen molar-refractivity contribution < 1.29 is 14.3 Å². The van der Waals surface area contributed by atoms with E-state index in [-0.39, 0.29) is 12.5 Å². The van der Waals surface area contributed by atoms with Gasteiger partial charge in [0.05, 0.1) is 7.11 Å². The highest BCUT2D eigenvalue weighted by molar-refractivity contribution is 6.07. The monoisotopic (exact) mass is 277 g/mol. The molecule has 20 heavy (non-hydrogen) atoms. The molecule has 0 saturated carbocycles. The predicted molar refractivity (Wildman–Crippen MR) is 74.4 cm³/mol. The van der Waals surface area contributed by atoms with Crippen LogP contribution in [0.5, 0.6) is 5.75 Å². The van der Waals surface area contributed by atoms with Crippen molar-refractivity contribution in [2.24, 2.45) is 5.73 Å². The molecule has 3 amide bonds. The number of nitrogens with one attached hydrogen (secondary N) is 1. The van der Waals surface area contributed by atoms with Crippen LogP contribution in [-0.2, 0) is 16.8 Å². The van der Waals surface area contributed by atoms with E-state index < -0.39 is 11.6 Å². The summed E-state index contributed by atoms with van der Waals surface area (Å²) in [7, 11) is 3.04. The van der Waals surface area contributed by atoms with Gasteiger partial charge in [0.15, 0.2) is 5.54 Å². The molecule has 0 radical (unpaired) electrons. The molecular weight excluding hydrogens is 258 g/mol. The number of hydrogen-bond donors (Lipinski definition) is 2. The van der Waals surface area contributed by atoms with Crippen LogP contribution in [0.4, 0.5) is 4.79 Å². The lowest BCUT2D eigenvalue weighted by Gasteiger charge is -2.26. The molecule has 1 aliphatic heterocycles. The smallest absolute Gasteiger partial charge is 0.325 e. The van der Waals surface area contributed by atoms with E-state index in [1.165, 1.54) is 7.05 Å². The summed E-state index contributed by atoms with van der Waals surface area (Å²) >= 11 is 0. The molecule has 2 rings (SSSR count). The van der Waals surface area contributed by atoms with E-state index in [4.69, 9.17) is 10.5 Å². The Labute approximate surface area is 117 Å². The molecule has 3 N–H and O–H groups in total. The topological polar surface area (TPSA) is 84.7 Å². The van der Waals surface area contributed by atoms with Crippen molar-refractivity contribution in [2.45, 2.75) is 18.9 Å². The molecule has 1 aromatic carbocycles. The van der Waals surface area contributed by atoms with Crippen molar-refractivity contribution in [2.75, 3.05) is 20.7 Å². The second kappa shape index (κ2) is 5.13. The van der Waals surface area contributed by atoms with E-state index >= 15 is 0 Å². The molecular formula is C14H19N3O3. The minimum Gasteiger partial charge on any atom is -0.496 e. The zero-order valence-electron chi connectivity index (χ0n) is 11.9. The average Bonchev–Trinajstić information content (AvgIpc) is 2.71. The van der Waals surface area contributed by atoms with Gasteiger partial charge in [0, 0.05) is 13.6 Å². The lowest BCUT2D eigenvalue weighted by atomic mass is 9.88. The van der Waals surface area contributed by atoms with Gasteiger partial charge in [-0.25, -0.2) is 4.79 Å². The van der Waals surface area contributed by atoms with E-state index in [1.807, 2.05) is 13.0 Å². The fourth-order valence-corrected chi connectivity index (χ4v) is 2.47. The zero-order chi connectivity index (χ0) is 14.9. The number of aryl methyl sites for hydroxylation is 1. The molecule has 6 heteroatoms. The quantitative estimate of drug-likeness (QED) is 0.789. The Balaban J connectivity index is 2.53. The summed E-state index contributed by atoms with van der Waals surface area (Å²) in [6, 6.07) is 4.99. The molecule has 1 aromatic rings. The Morgan fingerprint density at radius 3 is 2.55 bits per heavy atom. The molecule has 108 valence electrons. The SMILES string of the molecule is CCc1cc(C2(CN)NC(=O)N(C)C2=O)ccc1OC. The van der Waals surface area contributed by atoms with Gasteiger partial charge < -0.3 is 15.8 Å². The molecule has 1 unspecified atom stereocenters. The van der Waals surface area contributed by atoms with Gasteiger partial charge in [0.2, 0.25) is 0 Å². The molecule has 1 atom stereocenters. The minimum absolute atomic E-state index is 0.0113. The van der Waals surface area contributed by atoms with E-state index in [9.17, 15) is 9.59 Å². The number of rotatable bonds is 4. The van der Waals surface area contributed by atoms with Gasteiger partial charge in [-0.2, -0.15) is 0 Å². The van der Waals surface area contributed by atoms with E-state index in [2.05, 4.69) is 5.32 Å². The van der Waals surface area contributed by atoms with Crippen molar-refractivity contribution in [1.29, 1.82) is 0 Å². The predicted octanol–water partition coefficient (Wildman–Crippen LogP) is 0.593. The molecule has 0 aliphatic carbocycles. The van der Waals surface area contributed by atoms with Crippen molar-refractivity contribution in [3.8, 4) is 5.75 Å². The first-order valence-corrected chi connectivity index (χ1v) is 6.48. The lowest BCUT2D eigenvalue weighted by molar-refractivity contribution is -0.130. The summed E-state index contributed by atoms with van der Waals surface area (Å²) in [6.07, 6.45) is 0.760. The fourth-order valence-electron chi connectivity index (χ4n) is 2.47. The first-order valence-electron chi connectivity index (χ1n) is 6.48. The Hall–Kier alpha value is -2.08. The number of ether oxygens (including phenoxy) is 1. The van der Waals surface area contributed by atoms with Gasteiger partial charge in [-0.1, -0.05) is 13.0 Å². The molecule has 1 fully saturated rings. The highest BCUT2D eigenvalue weighted by atomic mass is 16.5. The second-order valence-electron chi connectivity index (χ2n) is 4.78. The second-order valence-corrected chi connectivity index (χ2v) is 4.78. The van der Waals surface area contributed by atoms with Crippen LogP contribution in [0.25, 0.3) is 0 Å². The lowest BCUT2D eigenvalue weighted by Crippen LogP contribution is -2.50. The van der Waals surface area contributed by atoms with Crippen LogP contribution in [0.3, 0.4) is 0 Å².